The van der Waals surface area contributed by atoms with Crippen molar-refractivity contribution in [3.63, 3.8) is 0 Å². The molecule has 2 N–H and O–H groups in total. The Morgan fingerprint density at radius 2 is 1.82 bits per heavy atom. The quantitative estimate of drug-likeness (QED) is 0.641. The Balaban J connectivity index is 1.98. The van der Waals surface area contributed by atoms with Gasteiger partial charge in [-0.25, -0.2) is 25.9 Å². The van der Waals surface area contributed by atoms with Crippen LogP contribution in [0, 0.1) is 5.82 Å². The number of fused-ring (bicyclic) bond motifs is 2. The van der Waals surface area contributed by atoms with Gasteiger partial charge < -0.3 is 10.2 Å². The van der Waals surface area contributed by atoms with Crippen molar-refractivity contribution in [2.24, 2.45) is 0 Å². The molecule has 0 spiro atoms. The van der Waals surface area contributed by atoms with Gasteiger partial charge in [0.2, 0.25) is 19.9 Å². The number of rotatable bonds is 5. The van der Waals surface area contributed by atoms with Crippen LogP contribution in [0.15, 0.2) is 45.0 Å². The van der Waals surface area contributed by atoms with E-state index in [2.05, 4.69) is 10.0 Å². The van der Waals surface area contributed by atoms with Gasteiger partial charge in [0.15, 0.2) is 0 Å². The molecule has 0 aliphatic carbocycles. The molecule has 2 aliphatic rings. The standard InChI is InChI=1S/C23H28FN3O5S2/c1-4-27-19-12-18(14(2)3)21(34(31,32)26-16-7-9-25-10-8-16)13-22(19)33(29,30)20-11-15(24)5-6-17(20)23(27)28/h5-6,11-14,16,25-26H,4,7-10H2,1-3H3. The van der Waals surface area contributed by atoms with E-state index in [1.807, 2.05) is 0 Å². The number of sulfone groups is 1. The minimum Gasteiger partial charge on any atom is -0.317 e. The van der Waals surface area contributed by atoms with E-state index in [4.69, 9.17) is 0 Å². The van der Waals surface area contributed by atoms with Gasteiger partial charge in [0.05, 0.1) is 25.9 Å². The molecule has 0 aromatic heterocycles. The maximum absolute atomic E-state index is 14.1. The van der Waals surface area contributed by atoms with Crippen molar-refractivity contribution >= 4 is 31.5 Å². The molecule has 2 aromatic rings. The van der Waals surface area contributed by atoms with Crippen LogP contribution in [0.25, 0.3) is 0 Å². The summed E-state index contributed by atoms with van der Waals surface area (Å²) in [5.41, 5.74) is 0.343. The van der Waals surface area contributed by atoms with Crippen LogP contribution in [-0.2, 0) is 19.9 Å². The molecule has 4 rings (SSSR count). The van der Waals surface area contributed by atoms with E-state index in [9.17, 15) is 26.0 Å². The zero-order valence-corrected chi connectivity index (χ0v) is 20.9. The number of hydrogen-bond donors (Lipinski definition) is 2. The van der Waals surface area contributed by atoms with Crippen LogP contribution < -0.4 is 14.9 Å². The summed E-state index contributed by atoms with van der Waals surface area (Å²) in [5, 5.41) is 3.18. The molecule has 0 atom stereocenters. The lowest BCUT2D eigenvalue weighted by Gasteiger charge is -2.26. The first-order chi connectivity index (χ1) is 16.0. The third kappa shape index (κ3) is 4.26. The molecular weight excluding hydrogens is 481 g/mol. The van der Waals surface area contributed by atoms with Crippen molar-refractivity contribution in [3.8, 4) is 0 Å². The highest BCUT2D eigenvalue weighted by atomic mass is 32.2. The van der Waals surface area contributed by atoms with Crippen molar-refractivity contribution < 1.29 is 26.0 Å². The minimum absolute atomic E-state index is 0.0913. The highest BCUT2D eigenvalue weighted by molar-refractivity contribution is 7.92. The highest BCUT2D eigenvalue weighted by Gasteiger charge is 2.38. The number of nitrogens with zero attached hydrogens (tertiary/aromatic N) is 1. The summed E-state index contributed by atoms with van der Waals surface area (Å²) < 4.78 is 71.0. The molecule has 0 radical (unpaired) electrons. The Hall–Kier alpha value is -2.34. The Labute approximate surface area is 199 Å². The van der Waals surface area contributed by atoms with Crippen LogP contribution in [-0.4, -0.2) is 48.4 Å². The molecular formula is C23H28FN3O5S2. The van der Waals surface area contributed by atoms with Crippen LogP contribution in [0.2, 0.25) is 0 Å². The summed E-state index contributed by atoms with van der Waals surface area (Å²) >= 11 is 0. The van der Waals surface area contributed by atoms with E-state index in [-0.39, 0.29) is 39.5 Å². The summed E-state index contributed by atoms with van der Waals surface area (Å²) in [7, 11) is -8.47. The monoisotopic (exact) mass is 509 g/mol. The van der Waals surface area contributed by atoms with Gasteiger partial charge in [0.25, 0.3) is 5.91 Å². The van der Waals surface area contributed by atoms with Crippen molar-refractivity contribution in [1.82, 2.24) is 10.0 Å². The molecule has 1 saturated heterocycles. The molecule has 0 unspecified atom stereocenters. The number of hydrogen-bond acceptors (Lipinski definition) is 6. The van der Waals surface area contributed by atoms with Gasteiger partial charge in [-0.2, -0.15) is 0 Å². The van der Waals surface area contributed by atoms with E-state index < -0.39 is 36.5 Å². The van der Waals surface area contributed by atoms with Gasteiger partial charge in [-0.05, 0) is 74.7 Å². The molecule has 1 fully saturated rings. The number of halogens is 1. The third-order valence-corrected chi connectivity index (χ3v) is 9.67. The molecule has 8 nitrogen and oxygen atoms in total. The number of sulfonamides is 1. The fourth-order valence-corrected chi connectivity index (χ4v) is 7.90. The first kappa shape index (κ1) is 24.8. The first-order valence-corrected chi connectivity index (χ1v) is 14.2. The normalized spacial score (nSPS) is 18.5. The Morgan fingerprint density at radius 1 is 1.15 bits per heavy atom. The molecule has 2 aromatic carbocycles. The van der Waals surface area contributed by atoms with Gasteiger partial charge in [0, 0.05) is 12.6 Å². The first-order valence-electron chi connectivity index (χ1n) is 11.2. The summed E-state index contributed by atoms with van der Waals surface area (Å²) in [4.78, 5) is 13.6. The molecule has 1 amide bonds. The van der Waals surface area contributed by atoms with E-state index in [1.54, 1.807) is 20.8 Å². The number of anilines is 1. The van der Waals surface area contributed by atoms with Crippen LogP contribution in [0.4, 0.5) is 10.1 Å². The van der Waals surface area contributed by atoms with Gasteiger partial charge in [0.1, 0.15) is 5.82 Å². The number of carbonyl (C=O) groups is 1. The summed E-state index contributed by atoms with van der Waals surface area (Å²) in [6.07, 6.45) is 1.23. The van der Waals surface area contributed by atoms with E-state index >= 15 is 0 Å². The summed E-state index contributed by atoms with van der Waals surface area (Å²) in [5.74, 6) is -1.66. The highest BCUT2D eigenvalue weighted by Crippen LogP contribution is 2.41. The predicted molar refractivity (Wildman–Crippen MR) is 126 cm³/mol. The van der Waals surface area contributed by atoms with E-state index in [0.717, 1.165) is 24.3 Å². The van der Waals surface area contributed by atoms with Gasteiger partial charge in [-0.15, -0.1) is 0 Å². The SMILES string of the molecule is CCN1C(=O)c2ccc(F)cc2S(=O)(=O)c2cc(S(=O)(=O)NC3CCNCC3)c(C(C)C)cc21. The lowest BCUT2D eigenvalue weighted by Crippen LogP contribution is -2.43. The topological polar surface area (TPSA) is 113 Å². The average molecular weight is 510 g/mol. The lowest BCUT2D eigenvalue weighted by molar-refractivity contribution is 0.0985. The van der Waals surface area contributed by atoms with Gasteiger partial charge >= 0.3 is 0 Å². The Morgan fingerprint density at radius 3 is 2.44 bits per heavy atom. The maximum atomic E-state index is 14.1. The average Bonchev–Trinajstić information content (AvgIpc) is 2.85. The van der Waals surface area contributed by atoms with Gasteiger partial charge in [-0.3, -0.25) is 4.79 Å². The second-order valence-corrected chi connectivity index (χ2v) is 12.4. The Kier molecular flexibility index (Phi) is 6.58. The lowest BCUT2D eigenvalue weighted by atomic mass is 10.0. The van der Waals surface area contributed by atoms with Crippen molar-refractivity contribution in [1.29, 1.82) is 0 Å². The third-order valence-electron chi connectivity index (χ3n) is 6.27. The Bertz CT molecular complexity index is 1350. The fraction of sp³-hybridized carbons (Fsp3) is 0.435. The second-order valence-electron chi connectivity index (χ2n) is 8.85. The van der Waals surface area contributed by atoms with Crippen molar-refractivity contribution in [2.75, 3.05) is 24.5 Å². The molecule has 2 aliphatic heterocycles. The zero-order valence-electron chi connectivity index (χ0n) is 19.3. The second kappa shape index (κ2) is 9.03. The number of piperidine rings is 1. The number of nitrogens with one attached hydrogen (secondary N) is 2. The number of amides is 1. The molecule has 34 heavy (non-hydrogen) atoms. The molecule has 2 heterocycles. The van der Waals surface area contributed by atoms with E-state index in [1.165, 1.54) is 11.0 Å². The summed E-state index contributed by atoms with van der Waals surface area (Å²) in [6, 6.07) is 5.32. The molecule has 0 saturated carbocycles. The molecule has 0 bridgehead atoms. The largest absolute Gasteiger partial charge is 0.317 e. The fourth-order valence-electron chi connectivity index (χ4n) is 4.48. The van der Waals surface area contributed by atoms with Gasteiger partial charge in [-0.1, -0.05) is 13.8 Å². The van der Waals surface area contributed by atoms with Crippen molar-refractivity contribution in [3.05, 3.63) is 47.3 Å². The summed E-state index contributed by atoms with van der Waals surface area (Å²) in [6.45, 7) is 6.81. The van der Waals surface area contributed by atoms with Crippen LogP contribution in [0.5, 0.6) is 0 Å². The number of carbonyl (C=O) groups excluding carboxylic acids is 1. The molecule has 184 valence electrons. The predicted octanol–water partition coefficient (Wildman–Crippen LogP) is 2.79. The van der Waals surface area contributed by atoms with E-state index in [0.29, 0.717) is 31.5 Å². The van der Waals surface area contributed by atoms with Crippen LogP contribution in [0.1, 0.15) is 55.5 Å². The zero-order chi connectivity index (χ0) is 24.8. The number of benzene rings is 2. The minimum atomic E-state index is -4.40. The van der Waals surface area contributed by atoms with Crippen LogP contribution in [0.3, 0.4) is 0 Å². The maximum Gasteiger partial charge on any atom is 0.259 e. The smallest absolute Gasteiger partial charge is 0.259 e. The molecule has 11 heteroatoms. The van der Waals surface area contributed by atoms with Crippen molar-refractivity contribution in [2.45, 2.75) is 60.3 Å². The van der Waals surface area contributed by atoms with Crippen LogP contribution >= 0.6 is 0 Å².